The van der Waals surface area contributed by atoms with Gasteiger partial charge in [0.25, 0.3) is 0 Å². The zero-order valence-corrected chi connectivity index (χ0v) is 25.7. The predicted octanol–water partition coefficient (Wildman–Crippen LogP) is 5.30. The molecule has 3 aromatic rings. The molecular weight excluding hydrogens is 528 g/mol. The van der Waals surface area contributed by atoms with Crippen molar-refractivity contribution in [1.29, 1.82) is 0 Å². The SMILES string of the molecule is CCCCOc1nc(C)c2[nH]c(=O)n(CCCN(CCCN(CC)CCC3=CC=C3)Cc3cccc(C(C)=O)c3)c2n1. The maximum Gasteiger partial charge on any atom is 0.327 e. The van der Waals surface area contributed by atoms with Gasteiger partial charge in [-0.25, -0.2) is 4.79 Å². The predicted molar refractivity (Wildman–Crippen MR) is 168 cm³/mol. The van der Waals surface area contributed by atoms with E-state index in [2.05, 4.69) is 62.9 Å². The highest BCUT2D eigenvalue weighted by Gasteiger charge is 2.15. The molecule has 0 aliphatic heterocycles. The van der Waals surface area contributed by atoms with Gasteiger partial charge in [-0.2, -0.15) is 9.97 Å². The van der Waals surface area contributed by atoms with Crippen LogP contribution in [-0.4, -0.2) is 74.4 Å². The van der Waals surface area contributed by atoms with E-state index in [-0.39, 0.29) is 11.5 Å². The Morgan fingerprint density at radius 1 is 1.05 bits per heavy atom. The average molecular weight is 575 g/mol. The molecule has 4 rings (SSSR count). The molecule has 9 nitrogen and oxygen atoms in total. The molecule has 0 saturated carbocycles. The zero-order chi connectivity index (χ0) is 29.9. The summed E-state index contributed by atoms with van der Waals surface area (Å²) in [5.74, 6) is 0.0763. The van der Waals surface area contributed by atoms with Crippen molar-refractivity contribution < 1.29 is 9.53 Å². The molecule has 0 bridgehead atoms. The maximum atomic E-state index is 12.9. The monoisotopic (exact) mass is 574 g/mol. The van der Waals surface area contributed by atoms with Gasteiger partial charge >= 0.3 is 11.7 Å². The second-order valence-corrected chi connectivity index (χ2v) is 11.1. The summed E-state index contributed by atoms with van der Waals surface area (Å²) in [7, 11) is 0. The van der Waals surface area contributed by atoms with Crippen molar-refractivity contribution >= 4 is 16.9 Å². The number of aromatic amines is 1. The van der Waals surface area contributed by atoms with E-state index in [0.29, 0.717) is 36.0 Å². The highest BCUT2D eigenvalue weighted by atomic mass is 16.5. The second-order valence-electron chi connectivity index (χ2n) is 11.1. The summed E-state index contributed by atoms with van der Waals surface area (Å²) in [4.78, 5) is 41.8. The number of unbranched alkanes of at least 4 members (excludes halogenated alkanes) is 1. The molecule has 0 unspecified atom stereocenters. The Bertz CT molecular complexity index is 1450. The van der Waals surface area contributed by atoms with Crippen molar-refractivity contribution in [3.63, 3.8) is 0 Å². The number of ketones is 1. The maximum absolute atomic E-state index is 12.9. The Hall–Kier alpha value is -3.56. The summed E-state index contributed by atoms with van der Waals surface area (Å²) in [6.07, 6.45) is 11.4. The molecule has 1 aliphatic carbocycles. The third-order valence-corrected chi connectivity index (χ3v) is 7.84. The number of ether oxygens (including phenoxy) is 1. The summed E-state index contributed by atoms with van der Waals surface area (Å²) in [6, 6.07) is 8.23. The van der Waals surface area contributed by atoms with Gasteiger partial charge in [0.1, 0.15) is 5.52 Å². The second kappa shape index (κ2) is 15.6. The normalized spacial score (nSPS) is 12.8. The largest absolute Gasteiger partial charge is 0.463 e. The fourth-order valence-corrected chi connectivity index (χ4v) is 5.23. The van der Waals surface area contributed by atoms with Gasteiger partial charge in [-0.3, -0.25) is 14.3 Å². The highest BCUT2D eigenvalue weighted by Crippen LogP contribution is 2.17. The first kappa shape index (κ1) is 31.4. The zero-order valence-electron chi connectivity index (χ0n) is 25.7. The van der Waals surface area contributed by atoms with Gasteiger partial charge in [0, 0.05) is 31.7 Å². The van der Waals surface area contributed by atoms with E-state index >= 15 is 0 Å². The van der Waals surface area contributed by atoms with Crippen LogP contribution in [0.5, 0.6) is 6.01 Å². The number of fused-ring (bicyclic) bond motifs is 1. The summed E-state index contributed by atoms with van der Waals surface area (Å²) in [5, 5.41) is 0. The van der Waals surface area contributed by atoms with E-state index in [9.17, 15) is 9.59 Å². The van der Waals surface area contributed by atoms with Gasteiger partial charge in [0.2, 0.25) is 0 Å². The summed E-state index contributed by atoms with van der Waals surface area (Å²) in [5.41, 5.74) is 5.07. The molecule has 2 aromatic heterocycles. The third kappa shape index (κ3) is 8.72. The molecule has 226 valence electrons. The number of carbonyl (C=O) groups is 1. The van der Waals surface area contributed by atoms with Crippen LogP contribution < -0.4 is 10.4 Å². The lowest BCUT2D eigenvalue weighted by Gasteiger charge is -2.26. The molecule has 0 radical (unpaired) electrons. The minimum atomic E-state index is -0.177. The fourth-order valence-electron chi connectivity index (χ4n) is 5.23. The van der Waals surface area contributed by atoms with Crippen molar-refractivity contribution in [3.05, 3.63) is 75.4 Å². The Labute approximate surface area is 249 Å². The van der Waals surface area contributed by atoms with Crippen LogP contribution in [0, 0.1) is 6.92 Å². The number of allylic oxidation sites excluding steroid dienone is 3. The first-order valence-corrected chi connectivity index (χ1v) is 15.4. The quantitative estimate of drug-likeness (QED) is 0.153. The first-order valence-electron chi connectivity index (χ1n) is 15.4. The van der Waals surface area contributed by atoms with Gasteiger partial charge in [0.15, 0.2) is 11.4 Å². The molecule has 0 saturated heterocycles. The summed E-state index contributed by atoms with van der Waals surface area (Å²) < 4.78 is 7.46. The Morgan fingerprint density at radius 2 is 1.83 bits per heavy atom. The number of aromatic nitrogens is 4. The molecule has 0 fully saturated rings. The van der Waals surface area contributed by atoms with Crippen molar-refractivity contribution in [1.82, 2.24) is 29.3 Å². The number of hydrogen-bond acceptors (Lipinski definition) is 7. The molecule has 0 atom stereocenters. The summed E-state index contributed by atoms with van der Waals surface area (Å²) >= 11 is 0. The van der Waals surface area contributed by atoms with Crippen LogP contribution in [0.1, 0.15) is 74.5 Å². The number of Topliss-reactive ketones (excluding diaryl/α,β-unsaturated/α-hetero) is 1. The number of imidazole rings is 1. The molecule has 42 heavy (non-hydrogen) atoms. The van der Waals surface area contributed by atoms with E-state index in [4.69, 9.17) is 4.74 Å². The molecule has 1 aromatic carbocycles. The number of aryl methyl sites for hydroxylation is 2. The van der Waals surface area contributed by atoms with Crippen molar-refractivity contribution in [2.45, 2.75) is 72.9 Å². The van der Waals surface area contributed by atoms with Crippen LogP contribution in [0.15, 0.2) is 52.9 Å². The van der Waals surface area contributed by atoms with Crippen LogP contribution in [0.2, 0.25) is 0 Å². The van der Waals surface area contributed by atoms with Gasteiger partial charge in [-0.1, -0.05) is 56.7 Å². The van der Waals surface area contributed by atoms with Crippen LogP contribution in [0.4, 0.5) is 0 Å². The molecule has 1 aliphatic rings. The molecule has 0 spiro atoms. The number of H-pyrrole nitrogens is 1. The van der Waals surface area contributed by atoms with Crippen LogP contribution in [0.3, 0.4) is 0 Å². The minimum Gasteiger partial charge on any atom is -0.463 e. The van der Waals surface area contributed by atoms with Crippen LogP contribution in [-0.2, 0) is 13.1 Å². The lowest BCUT2D eigenvalue weighted by atomic mass is 10.1. The number of carbonyl (C=O) groups excluding carboxylic acids is 1. The summed E-state index contributed by atoms with van der Waals surface area (Å²) in [6.45, 7) is 14.6. The molecule has 2 heterocycles. The van der Waals surface area contributed by atoms with Gasteiger partial charge in [-0.15, -0.1) is 0 Å². The van der Waals surface area contributed by atoms with E-state index in [1.807, 2.05) is 25.1 Å². The Kier molecular flexibility index (Phi) is 11.7. The Morgan fingerprint density at radius 3 is 2.55 bits per heavy atom. The minimum absolute atomic E-state index is 0.0763. The smallest absolute Gasteiger partial charge is 0.327 e. The lowest BCUT2D eigenvalue weighted by molar-refractivity contribution is 0.101. The average Bonchev–Trinajstić information content (AvgIpc) is 3.26. The third-order valence-electron chi connectivity index (χ3n) is 7.84. The number of rotatable bonds is 19. The molecule has 9 heteroatoms. The lowest BCUT2D eigenvalue weighted by Crippen LogP contribution is -2.32. The molecular formula is C33H46N6O3. The van der Waals surface area contributed by atoms with Gasteiger partial charge in [0.05, 0.1) is 12.3 Å². The first-order chi connectivity index (χ1) is 20.4. The van der Waals surface area contributed by atoms with Crippen molar-refractivity contribution in [2.75, 3.05) is 39.3 Å². The number of nitrogens with zero attached hydrogens (tertiary/aromatic N) is 5. The van der Waals surface area contributed by atoms with Crippen LogP contribution >= 0.6 is 0 Å². The van der Waals surface area contributed by atoms with E-state index in [1.165, 1.54) is 5.57 Å². The van der Waals surface area contributed by atoms with Crippen LogP contribution in [0.25, 0.3) is 11.2 Å². The molecule has 1 N–H and O–H groups in total. The number of hydrogen-bond donors (Lipinski definition) is 1. The van der Waals surface area contributed by atoms with Crippen molar-refractivity contribution in [2.24, 2.45) is 0 Å². The van der Waals surface area contributed by atoms with Gasteiger partial charge in [-0.05, 0) is 76.4 Å². The number of nitrogens with one attached hydrogen (secondary N) is 1. The van der Waals surface area contributed by atoms with Crippen molar-refractivity contribution in [3.8, 4) is 6.01 Å². The Balaban J connectivity index is 1.41. The van der Waals surface area contributed by atoms with E-state index < -0.39 is 0 Å². The van der Waals surface area contributed by atoms with E-state index in [1.54, 1.807) is 11.5 Å². The van der Waals surface area contributed by atoms with E-state index in [0.717, 1.165) is 82.5 Å². The number of benzene rings is 1. The standard InChI is InChI=1S/C33H46N6O3/c1-5-7-22-42-32-34-25(3)30-31(36-32)39(33(41)35-30)20-11-19-38(24-28-14-9-15-29(23-28)26(4)40)18-10-17-37(6-2)21-16-27-12-8-13-27/h8-9,12-15,23H,5-7,10-11,16-22,24H2,1-4H3,(H,35,41). The van der Waals surface area contributed by atoms with Gasteiger partial charge < -0.3 is 14.6 Å². The fraction of sp³-hybridized carbons (Fsp3) is 0.515. The molecule has 0 amide bonds. The highest BCUT2D eigenvalue weighted by molar-refractivity contribution is 5.94. The topological polar surface area (TPSA) is 96.4 Å².